The average Bonchev–Trinajstić information content (AvgIpc) is 1.97. The second-order valence-electron chi connectivity index (χ2n) is 2.46. The first-order chi connectivity index (χ1) is 5.47. The number of carbonyl (C=O) groups is 1. The molecule has 0 amide bonds. The van der Waals surface area contributed by atoms with Crippen LogP contribution in [0.2, 0.25) is 0 Å². The third-order valence-corrected chi connectivity index (χ3v) is 1.82. The fraction of sp³-hybridized carbons (Fsp3) is 0.286. The Morgan fingerprint density at radius 2 is 2.25 bits per heavy atom. The summed E-state index contributed by atoms with van der Waals surface area (Å²) in [6.07, 6.45) is 1.87. The minimum absolute atomic E-state index is 0.0881. The van der Waals surface area contributed by atoms with Crippen LogP contribution >= 0.6 is 11.6 Å². The van der Waals surface area contributed by atoms with E-state index in [1.165, 1.54) is 6.08 Å². The van der Waals surface area contributed by atoms with Gasteiger partial charge in [0.2, 0.25) is 5.60 Å². The summed E-state index contributed by atoms with van der Waals surface area (Å²) >= 11 is 5.45. The summed E-state index contributed by atoms with van der Waals surface area (Å²) in [5, 5.41) is 27.0. The second kappa shape index (κ2) is 2.90. The molecule has 4 nitrogen and oxygen atoms in total. The molecule has 0 fully saturated rings. The molecule has 5 heteroatoms. The Hall–Kier alpha value is -0.840. The molecule has 1 rings (SSSR count). The van der Waals surface area contributed by atoms with E-state index >= 15 is 0 Å². The van der Waals surface area contributed by atoms with Crippen molar-refractivity contribution < 1.29 is 20.1 Å². The monoisotopic (exact) mass is 190 g/mol. The first-order valence-electron chi connectivity index (χ1n) is 3.17. The summed E-state index contributed by atoms with van der Waals surface area (Å²) < 4.78 is 0. The average molecular weight is 191 g/mol. The summed E-state index contributed by atoms with van der Waals surface area (Å²) in [5.74, 6) is -1.53. The molecule has 0 spiro atoms. The van der Waals surface area contributed by atoms with E-state index in [1.54, 1.807) is 0 Å². The maximum Gasteiger partial charge on any atom is 0.342 e. The van der Waals surface area contributed by atoms with E-state index in [0.29, 0.717) is 0 Å². The second-order valence-corrected chi connectivity index (χ2v) is 2.90. The Kier molecular flexibility index (Phi) is 2.23. The number of hydrogen-bond donors (Lipinski definition) is 3. The molecule has 0 radical (unpaired) electrons. The van der Waals surface area contributed by atoms with E-state index in [2.05, 4.69) is 0 Å². The number of aliphatic hydroxyl groups excluding tert-OH is 1. The van der Waals surface area contributed by atoms with Crippen molar-refractivity contribution in [2.45, 2.75) is 11.7 Å². The highest BCUT2D eigenvalue weighted by molar-refractivity contribution is 6.31. The Balaban J connectivity index is 3.05. The van der Waals surface area contributed by atoms with E-state index in [-0.39, 0.29) is 5.03 Å². The normalized spacial score (nSPS) is 34.6. The lowest BCUT2D eigenvalue weighted by Gasteiger charge is -2.25. The van der Waals surface area contributed by atoms with E-state index in [1.807, 2.05) is 0 Å². The van der Waals surface area contributed by atoms with Crippen LogP contribution in [0, 0.1) is 0 Å². The number of rotatable bonds is 1. The molecule has 3 N–H and O–H groups in total. The third-order valence-electron chi connectivity index (χ3n) is 1.59. The number of carboxylic acid groups (broad SMARTS) is 1. The fourth-order valence-corrected chi connectivity index (χ4v) is 1.10. The molecule has 0 aromatic heterocycles. The SMILES string of the molecule is O=C(O)C1(O)C=C(Cl)C=CC1O. The van der Waals surface area contributed by atoms with E-state index in [9.17, 15) is 9.90 Å². The topological polar surface area (TPSA) is 77.8 Å². The van der Waals surface area contributed by atoms with Crippen LogP contribution < -0.4 is 0 Å². The van der Waals surface area contributed by atoms with Gasteiger partial charge in [0.1, 0.15) is 6.10 Å². The van der Waals surface area contributed by atoms with E-state index < -0.39 is 17.7 Å². The van der Waals surface area contributed by atoms with Crippen LogP contribution in [0.1, 0.15) is 0 Å². The number of aliphatic hydroxyl groups is 2. The van der Waals surface area contributed by atoms with Crippen LogP contribution in [0.4, 0.5) is 0 Å². The summed E-state index contributed by atoms with van der Waals surface area (Å²) in [6, 6.07) is 0. The van der Waals surface area contributed by atoms with Gasteiger partial charge in [0.15, 0.2) is 0 Å². The van der Waals surface area contributed by atoms with Gasteiger partial charge in [-0.3, -0.25) is 0 Å². The van der Waals surface area contributed by atoms with Crippen LogP contribution in [0.15, 0.2) is 23.3 Å². The number of aliphatic carboxylic acids is 1. The summed E-state index contributed by atoms with van der Waals surface area (Å²) in [5.41, 5.74) is -2.30. The van der Waals surface area contributed by atoms with Crippen LogP contribution in [-0.2, 0) is 4.79 Å². The number of hydrogen-bond acceptors (Lipinski definition) is 3. The number of carboxylic acids is 1. The van der Waals surface area contributed by atoms with Gasteiger partial charge < -0.3 is 15.3 Å². The lowest BCUT2D eigenvalue weighted by Crippen LogP contribution is -2.48. The first kappa shape index (κ1) is 9.25. The van der Waals surface area contributed by atoms with Crippen molar-refractivity contribution in [2.24, 2.45) is 0 Å². The van der Waals surface area contributed by atoms with Gasteiger partial charge in [-0.2, -0.15) is 0 Å². The Bertz CT molecular complexity index is 271. The molecular weight excluding hydrogens is 184 g/mol. The van der Waals surface area contributed by atoms with E-state index in [0.717, 1.165) is 12.2 Å². The maximum absolute atomic E-state index is 10.5. The molecule has 12 heavy (non-hydrogen) atoms. The highest BCUT2D eigenvalue weighted by atomic mass is 35.5. The molecule has 1 aliphatic rings. The van der Waals surface area contributed by atoms with E-state index in [4.69, 9.17) is 21.8 Å². The van der Waals surface area contributed by atoms with Gasteiger partial charge in [0, 0.05) is 5.03 Å². The quantitative estimate of drug-likeness (QED) is 0.538. The zero-order valence-corrected chi connectivity index (χ0v) is 6.69. The van der Waals surface area contributed by atoms with Gasteiger partial charge in [-0.05, 0) is 12.2 Å². The van der Waals surface area contributed by atoms with Gasteiger partial charge in [-0.15, -0.1) is 0 Å². The van der Waals surface area contributed by atoms with Gasteiger partial charge in [-0.25, -0.2) is 4.79 Å². The van der Waals surface area contributed by atoms with Crippen molar-refractivity contribution in [3.05, 3.63) is 23.3 Å². The maximum atomic E-state index is 10.5. The van der Waals surface area contributed by atoms with Gasteiger partial charge in [0.05, 0.1) is 0 Å². The summed E-state index contributed by atoms with van der Waals surface area (Å²) in [6.45, 7) is 0. The lowest BCUT2D eigenvalue weighted by molar-refractivity contribution is -0.160. The van der Waals surface area contributed by atoms with Gasteiger partial charge in [0.25, 0.3) is 0 Å². The van der Waals surface area contributed by atoms with Crippen LogP contribution in [0.5, 0.6) is 0 Å². The van der Waals surface area contributed by atoms with Gasteiger partial charge >= 0.3 is 5.97 Å². The molecule has 0 saturated carbocycles. The molecule has 2 unspecified atom stereocenters. The Morgan fingerprint density at radius 1 is 1.67 bits per heavy atom. The number of halogens is 1. The summed E-state index contributed by atoms with van der Waals surface area (Å²) in [4.78, 5) is 10.5. The minimum Gasteiger partial charge on any atom is -0.479 e. The molecule has 0 aromatic rings. The molecule has 0 saturated heterocycles. The van der Waals surface area contributed by atoms with Crippen LogP contribution in [-0.4, -0.2) is 33.0 Å². The molecule has 0 bridgehead atoms. The predicted molar refractivity (Wildman–Crippen MR) is 41.7 cm³/mol. The smallest absolute Gasteiger partial charge is 0.342 e. The molecule has 0 aromatic carbocycles. The molecular formula is C7H7ClO4. The van der Waals surface area contributed by atoms with Crippen molar-refractivity contribution in [3.63, 3.8) is 0 Å². The lowest BCUT2D eigenvalue weighted by atomic mass is 9.92. The third kappa shape index (κ3) is 1.36. The fourth-order valence-electron chi connectivity index (χ4n) is 0.862. The van der Waals surface area contributed by atoms with Crippen molar-refractivity contribution in [1.29, 1.82) is 0 Å². The predicted octanol–water partition coefficient (Wildman–Crippen LogP) is -0.144. The van der Waals surface area contributed by atoms with Crippen LogP contribution in [0.25, 0.3) is 0 Å². The van der Waals surface area contributed by atoms with Crippen molar-refractivity contribution in [1.82, 2.24) is 0 Å². The molecule has 2 atom stereocenters. The molecule has 66 valence electrons. The molecule has 0 aliphatic heterocycles. The van der Waals surface area contributed by atoms with Crippen LogP contribution in [0.3, 0.4) is 0 Å². The zero-order chi connectivity index (χ0) is 9.35. The summed E-state index contributed by atoms with van der Waals surface area (Å²) in [7, 11) is 0. The van der Waals surface area contributed by atoms with Gasteiger partial charge in [-0.1, -0.05) is 17.7 Å². The standard InChI is InChI=1S/C7H7ClO4/c8-4-1-2-5(9)7(12,3-4)6(10)11/h1-3,5,9,12H,(H,10,11). The highest BCUT2D eigenvalue weighted by Crippen LogP contribution is 2.23. The molecule has 1 aliphatic carbocycles. The molecule has 0 heterocycles. The van der Waals surface area contributed by atoms with Crippen molar-refractivity contribution in [3.8, 4) is 0 Å². The Morgan fingerprint density at radius 3 is 2.67 bits per heavy atom. The first-order valence-corrected chi connectivity index (χ1v) is 3.55. The zero-order valence-electron chi connectivity index (χ0n) is 5.94. The van der Waals surface area contributed by atoms with Crippen molar-refractivity contribution >= 4 is 17.6 Å². The minimum atomic E-state index is -2.30. The van der Waals surface area contributed by atoms with Crippen molar-refractivity contribution in [2.75, 3.05) is 0 Å². The largest absolute Gasteiger partial charge is 0.479 e. The highest BCUT2D eigenvalue weighted by Gasteiger charge is 2.42. The number of allylic oxidation sites excluding steroid dienone is 2. The Labute approximate surface area is 73.4 Å².